The molecule has 100 valence electrons. The second-order valence-corrected chi connectivity index (χ2v) is 5.62. The van der Waals surface area contributed by atoms with Gasteiger partial charge in [-0.1, -0.05) is 13.8 Å². The maximum Gasteiger partial charge on any atom is 0.240 e. The molecule has 3 rings (SSSR count). The van der Waals surface area contributed by atoms with Gasteiger partial charge in [-0.2, -0.15) is 5.26 Å². The van der Waals surface area contributed by atoms with E-state index in [9.17, 15) is 10.1 Å². The maximum atomic E-state index is 12.4. The molecular weight excluding hydrogens is 226 g/mol. The number of rotatable bonds is 4. The SMILES string of the molecule is CCC(C#N)(CC)C(=O)NC1CN2CCC1CC2. The highest BCUT2D eigenvalue weighted by atomic mass is 16.2. The average Bonchev–Trinajstić information content (AvgIpc) is 2.43. The zero-order chi connectivity index (χ0) is 13.2. The van der Waals surface area contributed by atoms with Crippen LogP contribution in [0.1, 0.15) is 39.5 Å². The molecule has 3 fully saturated rings. The van der Waals surface area contributed by atoms with Crippen molar-refractivity contribution in [1.29, 1.82) is 5.26 Å². The largest absolute Gasteiger partial charge is 0.350 e. The molecule has 0 saturated carbocycles. The lowest BCUT2D eigenvalue weighted by molar-refractivity contribution is -0.130. The Morgan fingerprint density at radius 3 is 2.39 bits per heavy atom. The summed E-state index contributed by atoms with van der Waals surface area (Å²) in [4.78, 5) is 14.8. The molecule has 3 aliphatic rings. The van der Waals surface area contributed by atoms with Crippen molar-refractivity contribution >= 4 is 5.91 Å². The van der Waals surface area contributed by atoms with Gasteiger partial charge in [0.25, 0.3) is 0 Å². The van der Waals surface area contributed by atoms with Crippen LogP contribution in [-0.2, 0) is 4.79 Å². The van der Waals surface area contributed by atoms with Crippen LogP contribution >= 0.6 is 0 Å². The minimum absolute atomic E-state index is 0.0613. The highest BCUT2D eigenvalue weighted by molar-refractivity contribution is 5.85. The molecule has 0 spiro atoms. The highest BCUT2D eigenvalue weighted by Gasteiger charge is 2.40. The minimum atomic E-state index is -0.827. The van der Waals surface area contributed by atoms with Crippen LogP contribution in [0.15, 0.2) is 0 Å². The number of nitrogens with one attached hydrogen (secondary N) is 1. The van der Waals surface area contributed by atoms with E-state index in [4.69, 9.17) is 0 Å². The molecular formula is C14H23N3O. The van der Waals surface area contributed by atoms with Crippen molar-refractivity contribution in [1.82, 2.24) is 10.2 Å². The van der Waals surface area contributed by atoms with E-state index in [1.165, 1.54) is 25.9 Å². The lowest BCUT2D eigenvalue weighted by atomic mass is 9.80. The van der Waals surface area contributed by atoms with E-state index in [-0.39, 0.29) is 11.9 Å². The van der Waals surface area contributed by atoms with Gasteiger partial charge in [-0.15, -0.1) is 0 Å². The van der Waals surface area contributed by atoms with Crippen molar-refractivity contribution in [3.05, 3.63) is 0 Å². The first kappa shape index (κ1) is 13.4. The van der Waals surface area contributed by atoms with Gasteiger partial charge in [0, 0.05) is 12.6 Å². The first-order valence-corrected chi connectivity index (χ1v) is 7.09. The van der Waals surface area contributed by atoms with Gasteiger partial charge < -0.3 is 10.2 Å². The van der Waals surface area contributed by atoms with Gasteiger partial charge in [-0.25, -0.2) is 0 Å². The number of fused-ring (bicyclic) bond motifs is 3. The Morgan fingerprint density at radius 1 is 1.39 bits per heavy atom. The van der Waals surface area contributed by atoms with Crippen molar-refractivity contribution in [2.45, 2.75) is 45.6 Å². The standard InChI is InChI=1S/C14H23N3O/c1-3-14(4-2,10-15)13(18)16-12-9-17-7-5-11(12)6-8-17/h11-12H,3-9H2,1-2H3,(H,16,18). The fraction of sp³-hybridized carbons (Fsp3) is 0.857. The van der Waals surface area contributed by atoms with Crippen LogP contribution in [0.5, 0.6) is 0 Å². The van der Waals surface area contributed by atoms with Crippen molar-refractivity contribution in [3.8, 4) is 6.07 Å². The summed E-state index contributed by atoms with van der Waals surface area (Å²) in [6.07, 6.45) is 3.55. The zero-order valence-electron chi connectivity index (χ0n) is 11.4. The molecule has 3 saturated heterocycles. The second-order valence-electron chi connectivity index (χ2n) is 5.62. The summed E-state index contributed by atoms with van der Waals surface area (Å²) in [6.45, 7) is 7.14. The normalized spacial score (nSPS) is 30.8. The number of carbonyl (C=O) groups is 1. The van der Waals surface area contributed by atoms with Crippen LogP contribution in [0.4, 0.5) is 0 Å². The summed E-state index contributed by atoms with van der Waals surface area (Å²) >= 11 is 0. The molecule has 0 aromatic heterocycles. The van der Waals surface area contributed by atoms with Gasteiger partial charge in [-0.05, 0) is 44.7 Å². The molecule has 1 N–H and O–H groups in total. The lowest BCUT2D eigenvalue weighted by Gasteiger charge is -2.45. The Morgan fingerprint density at radius 2 is 2.00 bits per heavy atom. The molecule has 3 aliphatic heterocycles. The number of hydrogen-bond donors (Lipinski definition) is 1. The molecule has 0 radical (unpaired) electrons. The summed E-state index contributed by atoms with van der Waals surface area (Å²) in [5, 5.41) is 12.4. The molecule has 1 amide bonds. The van der Waals surface area contributed by atoms with Gasteiger partial charge in [0.1, 0.15) is 5.41 Å². The van der Waals surface area contributed by atoms with E-state index in [1.807, 2.05) is 13.8 Å². The molecule has 0 aromatic rings. The molecule has 1 unspecified atom stereocenters. The predicted molar refractivity (Wildman–Crippen MR) is 69.7 cm³/mol. The minimum Gasteiger partial charge on any atom is -0.350 e. The Balaban J connectivity index is 2.01. The molecule has 4 nitrogen and oxygen atoms in total. The van der Waals surface area contributed by atoms with Gasteiger partial charge in [0.2, 0.25) is 5.91 Å². The molecule has 2 bridgehead atoms. The van der Waals surface area contributed by atoms with E-state index < -0.39 is 5.41 Å². The monoisotopic (exact) mass is 249 g/mol. The van der Waals surface area contributed by atoms with Crippen molar-refractivity contribution < 1.29 is 4.79 Å². The van der Waals surface area contributed by atoms with Crippen LogP contribution < -0.4 is 5.32 Å². The molecule has 0 aromatic carbocycles. The third-order valence-electron chi connectivity index (χ3n) is 4.83. The molecule has 1 atom stereocenters. The number of nitriles is 1. The number of piperidine rings is 3. The van der Waals surface area contributed by atoms with E-state index in [0.29, 0.717) is 18.8 Å². The summed E-state index contributed by atoms with van der Waals surface area (Å²) < 4.78 is 0. The van der Waals surface area contributed by atoms with Gasteiger partial charge in [0.05, 0.1) is 6.07 Å². The van der Waals surface area contributed by atoms with E-state index in [0.717, 1.165) is 6.54 Å². The van der Waals surface area contributed by atoms with E-state index in [1.54, 1.807) is 0 Å². The second kappa shape index (κ2) is 5.27. The number of hydrogen-bond acceptors (Lipinski definition) is 3. The highest BCUT2D eigenvalue weighted by Crippen LogP contribution is 2.30. The first-order chi connectivity index (χ1) is 8.65. The van der Waals surface area contributed by atoms with Crippen molar-refractivity contribution in [2.24, 2.45) is 11.3 Å². The zero-order valence-corrected chi connectivity index (χ0v) is 11.4. The molecule has 0 aliphatic carbocycles. The van der Waals surface area contributed by atoms with Crippen LogP contribution in [-0.4, -0.2) is 36.5 Å². The van der Waals surface area contributed by atoms with E-state index in [2.05, 4.69) is 16.3 Å². The van der Waals surface area contributed by atoms with Crippen LogP contribution in [0.3, 0.4) is 0 Å². The molecule has 18 heavy (non-hydrogen) atoms. The number of amides is 1. The predicted octanol–water partition coefficient (Wildman–Crippen LogP) is 1.53. The summed E-state index contributed by atoms with van der Waals surface area (Å²) in [6, 6.07) is 2.48. The third kappa shape index (κ3) is 2.24. The van der Waals surface area contributed by atoms with Gasteiger partial charge >= 0.3 is 0 Å². The average molecular weight is 249 g/mol. The summed E-state index contributed by atoms with van der Waals surface area (Å²) in [5.74, 6) is 0.554. The fourth-order valence-electron chi connectivity index (χ4n) is 3.22. The van der Waals surface area contributed by atoms with Gasteiger partial charge in [0.15, 0.2) is 0 Å². The summed E-state index contributed by atoms with van der Waals surface area (Å²) in [5.41, 5.74) is -0.827. The van der Waals surface area contributed by atoms with Crippen LogP contribution in [0.2, 0.25) is 0 Å². The Bertz CT molecular complexity index is 349. The smallest absolute Gasteiger partial charge is 0.240 e. The third-order valence-corrected chi connectivity index (χ3v) is 4.83. The lowest BCUT2D eigenvalue weighted by Crippen LogP contribution is -2.59. The van der Waals surface area contributed by atoms with Crippen LogP contribution in [0.25, 0.3) is 0 Å². The Hall–Kier alpha value is -1.08. The first-order valence-electron chi connectivity index (χ1n) is 7.09. The number of carbonyl (C=O) groups excluding carboxylic acids is 1. The summed E-state index contributed by atoms with van der Waals surface area (Å²) in [7, 11) is 0. The van der Waals surface area contributed by atoms with Gasteiger partial charge in [-0.3, -0.25) is 4.79 Å². The fourth-order valence-corrected chi connectivity index (χ4v) is 3.22. The molecule has 4 heteroatoms. The Labute approximate surface area is 109 Å². The molecule has 3 heterocycles. The quantitative estimate of drug-likeness (QED) is 0.822. The number of nitrogens with zero attached hydrogens (tertiary/aromatic N) is 2. The van der Waals surface area contributed by atoms with E-state index >= 15 is 0 Å². The Kier molecular flexibility index (Phi) is 3.91. The van der Waals surface area contributed by atoms with Crippen molar-refractivity contribution in [2.75, 3.05) is 19.6 Å². The topological polar surface area (TPSA) is 56.1 Å². The van der Waals surface area contributed by atoms with Crippen molar-refractivity contribution in [3.63, 3.8) is 0 Å². The maximum absolute atomic E-state index is 12.4. The van der Waals surface area contributed by atoms with Crippen LogP contribution in [0, 0.1) is 22.7 Å².